The molecule has 1 aliphatic heterocycles. The summed E-state index contributed by atoms with van der Waals surface area (Å²) in [6.07, 6.45) is 9.90. The molecule has 0 atom stereocenters. The monoisotopic (exact) mass is 400 g/mol. The lowest BCUT2D eigenvalue weighted by Crippen LogP contribution is -2.34. The van der Waals surface area contributed by atoms with E-state index in [0.29, 0.717) is 17.8 Å². The number of nitrogens with zero attached hydrogens (tertiary/aromatic N) is 6. The Labute approximate surface area is 175 Å². The van der Waals surface area contributed by atoms with E-state index in [9.17, 15) is 0 Å². The Morgan fingerprint density at radius 3 is 2.57 bits per heavy atom. The molecule has 1 saturated heterocycles. The van der Waals surface area contributed by atoms with Gasteiger partial charge in [-0.3, -0.25) is 9.67 Å². The van der Waals surface area contributed by atoms with Crippen LogP contribution in [0, 0.1) is 0 Å². The summed E-state index contributed by atoms with van der Waals surface area (Å²) in [5, 5.41) is 8.74. The highest BCUT2D eigenvalue weighted by atomic mass is 16.5. The lowest BCUT2D eigenvalue weighted by molar-refractivity contribution is 0.187. The fraction of sp³-hybridized carbons (Fsp3) is 0.304. The first-order valence-electron chi connectivity index (χ1n) is 10.4. The number of benzene rings is 1. The second-order valence-electron chi connectivity index (χ2n) is 7.63. The van der Waals surface area contributed by atoms with Gasteiger partial charge in [-0.05, 0) is 25.5 Å². The molecule has 152 valence electrons. The largest absolute Gasteiger partial charge is 0.334 e. The summed E-state index contributed by atoms with van der Waals surface area (Å²) in [6, 6.07) is 12.3. The normalized spacial score (nSPS) is 15.5. The summed E-state index contributed by atoms with van der Waals surface area (Å²) in [5.74, 6) is 1.03. The van der Waals surface area contributed by atoms with Crippen LogP contribution in [0.5, 0.6) is 0 Å². The van der Waals surface area contributed by atoms with Gasteiger partial charge in [-0.1, -0.05) is 42.4 Å². The maximum atomic E-state index is 5.49. The minimum Gasteiger partial charge on any atom is -0.334 e. The van der Waals surface area contributed by atoms with E-state index in [1.165, 1.54) is 0 Å². The number of rotatable bonds is 5. The van der Waals surface area contributed by atoms with Gasteiger partial charge in [-0.25, -0.2) is 0 Å². The molecule has 0 spiro atoms. The van der Waals surface area contributed by atoms with Gasteiger partial charge in [0.15, 0.2) is 0 Å². The third kappa shape index (κ3) is 3.76. The fourth-order valence-electron chi connectivity index (χ4n) is 3.95. The van der Waals surface area contributed by atoms with Crippen LogP contribution in [-0.2, 0) is 0 Å². The van der Waals surface area contributed by atoms with Crippen LogP contribution in [0.25, 0.3) is 34.0 Å². The zero-order chi connectivity index (χ0) is 20.3. The second kappa shape index (κ2) is 8.20. The molecule has 30 heavy (non-hydrogen) atoms. The quantitative estimate of drug-likeness (QED) is 0.497. The molecule has 5 rings (SSSR count). The van der Waals surface area contributed by atoms with Gasteiger partial charge < -0.3 is 9.42 Å². The molecule has 0 aliphatic carbocycles. The van der Waals surface area contributed by atoms with Gasteiger partial charge in [0.1, 0.15) is 0 Å². The smallest absolute Gasteiger partial charge is 0.259 e. The maximum absolute atomic E-state index is 5.49. The van der Waals surface area contributed by atoms with Crippen molar-refractivity contribution in [1.29, 1.82) is 0 Å². The molecule has 1 aliphatic rings. The van der Waals surface area contributed by atoms with Crippen molar-refractivity contribution in [1.82, 2.24) is 29.8 Å². The molecule has 0 bridgehead atoms. The van der Waals surface area contributed by atoms with E-state index in [1.807, 2.05) is 48.8 Å². The Hall–Kier alpha value is -3.32. The van der Waals surface area contributed by atoms with Crippen molar-refractivity contribution in [2.45, 2.75) is 25.8 Å². The summed E-state index contributed by atoms with van der Waals surface area (Å²) < 4.78 is 7.60. The highest BCUT2D eigenvalue weighted by Crippen LogP contribution is 2.28. The summed E-state index contributed by atoms with van der Waals surface area (Å²) in [6.45, 7) is 5.61. The lowest BCUT2D eigenvalue weighted by atomic mass is 10.1. The zero-order valence-electron chi connectivity index (χ0n) is 17.0. The first-order valence-corrected chi connectivity index (χ1v) is 10.4. The van der Waals surface area contributed by atoms with Gasteiger partial charge in [0.25, 0.3) is 5.89 Å². The fourth-order valence-corrected chi connectivity index (χ4v) is 3.95. The average molecular weight is 400 g/mol. The van der Waals surface area contributed by atoms with Crippen LogP contribution in [0.2, 0.25) is 0 Å². The minimum absolute atomic E-state index is 0.460. The lowest BCUT2D eigenvalue weighted by Gasteiger charge is -2.31. The van der Waals surface area contributed by atoms with Crippen molar-refractivity contribution in [3.05, 3.63) is 61.2 Å². The molecule has 0 N–H and O–H groups in total. The van der Waals surface area contributed by atoms with Crippen LogP contribution < -0.4 is 0 Å². The number of pyridine rings is 1. The third-order valence-electron chi connectivity index (χ3n) is 5.76. The topological polar surface area (TPSA) is 72.9 Å². The molecular formula is C23H24N6O. The van der Waals surface area contributed by atoms with Crippen molar-refractivity contribution < 1.29 is 4.52 Å². The average Bonchev–Trinajstić information content (AvgIpc) is 3.50. The Morgan fingerprint density at radius 1 is 0.967 bits per heavy atom. The van der Waals surface area contributed by atoms with Crippen molar-refractivity contribution in [2.75, 3.05) is 19.6 Å². The zero-order valence-corrected chi connectivity index (χ0v) is 17.0. The van der Waals surface area contributed by atoms with Crippen LogP contribution in [0.4, 0.5) is 0 Å². The molecule has 7 heteroatoms. The highest BCUT2D eigenvalue weighted by molar-refractivity contribution is 5.68. The number of aromatic nitrogens is 5. The standard InChI is InChI=1S/C23H24N6O/c1-2-28-10-8-21(9-11-28)29-16-20(15-25-29)18-12-19(14-24-13-18)23-26-22(27-30-23)17-6-4-3-5-7-17/h3-7,12-16,21H,2,8-11H2,1H3. The number of hydrogen-bond acceptors (Lipinski definition) is 6. The van der Waals surface area contributed by atoms with Crippen molar-refractivity contribution in [3.63, 3.8) is 0 Å². The van der Waals surface area contributed by atoms with Gasteiger partial charge in [0, 0.05) is 48.4 Å². The number of hydrogen-bond donors (Lipinski definition) is 0. The minimum atomic E-state index is 0.460. The van der Waals surface area contributed by atoms with E-state index in [0.717, 1.165) is 54.7 Å². The second-order valence-corrected chi connectivity index (χ2v) is 7.63. The van der Waals surface area contributed by atoms with Gasteiger partial charge in [0.05, 0.1) is 17.8 Å². The predicted octanol–water partition coefficient (Wildman–Crippen LogP) is 4.32. The van der Waals surface area contributed by atoms with Crippen molar-refractivity contribution >= 4 is 0 Å². The summed E-state index contributed by atoms with van der Waals surface area (Å²) >= 11 is 0. The highest BCUT2D eigenvalue weighted by Gasteiger charge is 2.20. The summed E-state index contributed by atoms with van der Waals surface area (Å²) in [7, 11) is 0. The summed E-state index contributed by atoms with van der Waals surface area (Å²) in [5.41, 5.74) is 3.76. The van der Waals surface area contributed by atoms with Crippen LogP contribution in [0.1, 0.15) is 25.8 Å². The van der Waals surface area contributed by atoms with Gasteiger partial charge >= 0.3 is 0 Å². The van der Waals surface area contributed by atoms with Gasteiger partial charge in [0.2, 0.25) is 5.82 Å². The van der Waals surface area contributed by atoms with Gasteiger partial charge in [-0.15, -0.1) is 0 Å². The Morgan fingerprint density at radius 2 is 1.77 bits per heavy atom. The molecule has 0 unspecified atom stereocenters. The third-order valence-corrected chi connectivity index (χ3v) is 5.76. The van der Waals surface area contributed by atoms with E-state index >= 15 is 0 Å². The van der Waals surface area contributed by atoms with E-state index in [1.54, 1.807) is 6.20 Å². The summed E-state index contributed by atoms with van der Waals surface area (Å²) in [4.78, 5) is 11.4. The molecule has 1 fully saturated rings. The first-order chi connectivity index (χ1) is 14.8. The van der Waals surface area contributed by atoms with Crippen LogP contribution in [0.15, 0.2) is 65.7 Å². The van der Waals surface area contributed by atoms with Gasteiger partial charge in [-0.2, -0.15) is 10.1 Å². The van der Waals surface area contributed by atoms with Crippen LogP contribution >= 0.6 is 0 Å². The van der Waals surface area contributed by atoms with E-state index < -0.39 is 0 Å². The van der Waals surface area contributed by atoms with Crippen LogP contribution in [-0.4, -0.2) is 49.4 Å². The first kappa shape index (κ1) is 18.7. The van der Waals surface area contributed by atoms with Crippen LogP contribution in [0.3, 0.4) is 0 Å². The number of piperidine rings is 1. The maximum Gasteiger partial charge on any atom is 0.259 e. The molecule has 3 aromatic heterocycles. The Kier molecular flexibility index (Phi) is 5.11. The number of likely N-dealkylation sites (tertiary alicyclic amines) is 1. The predicted molar refractivity (Wildman–Crippen MR) is 115 cm³/mol. The van der Waals surface area contributed by atoms with E-state index in [4.69, 9.17) is 4.52 Å². The molecule has 0 amide bonds. The van der Waals surface area contributed by atoms with Crippen molar-refractivity contribution in [2.24, 2.45) is 0 Å². The molecule has 0 saturated carbocycles. The Bertz CT molecular complexity index is 1110. The molecule has 7 nitrogen and oxygen atoms in total. The van der Waals surface area contributed by atoms with Crippen molar-refractivity contribution in [3.8, 4) is 34.0 Å². The molecular weight excluding hydrogens is 376 g/mol. The molecule has 0 radical (unpaired) electrons. The molecule has 4 heterocycles. The Balaban J connectivity index is 1.36. The SMILES string of the molecule is CCN1CCC(n2cc(-c3cncc(-c4nc(-c5ccccc5)no4)c3)cn2)CC1. The molecule has 1 aromatic carbocycles. The van der Waals surface area contributed by atoms with E-state index in [2.05, 4.69) is 42.9 Å². The molecule has 4 aromatic rings. The van der Waals surface area contributed by atoms with E-state index in [-0.39, 0.29) is 0 Å².